The lowest BCUT2D eigenvalue weighted by atomic mass is 9.70. The molecule has 1 N–H and O–H groups in total. The monoisotopic (exact) mass is 271 g/mol. The number of nitrogens with one attached hydrogen (secondary N) is 1. The van der Waals surface area contributed by atoms with Crippen molar-refractivity contribution in [3.05, 3.63) is 0 Å². The third-order valence-electron chi connectivity index (χ3n) is 4.25. The summed E-state index contributed by atoms with van der Waals surface area (Å²) in [6, 6.07) is 0.724. The van der Waals surface area contributed by atoms with Gasteiger partial charge in [0.1, 0.15) is 0 Å². The Bertz CT molecular complexity index is 231. The van der Waals surface area contributed by atoms with E-state index in [1.807, 2.05) is 0 Å². The maximum Gasteiger partial charge on any atom is 0.0700 e. The predicted octanol–water partition coefficient (Wildman–Crippen LogP) is 3.23. The summed E-state index contributed by atoms with van der Waals surface area (Å²) in [5.41, 5.74) is 0.548. The third kappa shape index (κ3) is 7.28. The number of ether oxygens (including phenoxy) is 2. The molecule has 19 heavy (non-hydrogen) atoms. The Morgan fingerprint density at radius 3 is 2.63 bits per heavy atom. The molecule has 0 heterocycles. The Kier molecular flexibility index (Phi) is 7.96. The fraction of sp³-hybridized carbons (Fsp3) is 1.00. The van der Waals surface area contributed by atoms with Gasteiger partial charge in [-0.25, -0.2) is 0 Å². The maximum atomic E-state index is 5.46. The lowest BCUT2D eigenvalue weighted by molar-refractivity contribution is 0.0684. The minimum atomic E-state index is 0.548. The zero-order chi connectivity index (χ0) is 14.1. The molecular formula is C16H33NO2. The third-order valence-corrected chi connectivity index (χ3v) is 4.25. The molecule has 2 unspecified atom stereocenters. The number of rotatable bonds is 9. The Morgan fingerprint density at radius 1 is 1.16 bits per heavy atom. The van der Waals surface area contributed by atoms with E-state index >= 15 is 0 Å². The average Bonchev–Trinajstić information content (AvgIpc) is 2.34. The molecule has 3 nitrogen and oxygen atoms in total. The number of unbranched alkanes of at least 4 members (excludes halogenated alkanes) is 1. The first kappa shape index (κ1) is 16.9. The summed E-state index contributed by atoms with van der Waals surface area (Å²) in [5.74, 6) is 0.807. The summed E-state index contributed by atoms with van der Waals surface area (Å²) < 4.78 is 10.4. The molecule has 3 heteroatoms. The van der Waals surface area contributed by atoms with E-state index in [-0.39, 0.29) is 0 Å². The summed E-state index contributed by atoms with van der Waals surface area (Å²) in [6.07, 6.45) is 6.39. The Labute approximate surface area is 119 Å². The van der Waals surface area contributed by atoms with Crippen LogP contribution in [-0.2, 0) is 9.47 Å². The molecule has 0 aromatic heterocycles. The Morgan fingerprint density at radius 2 is 1.95 bits per heavy atom. The van der Waals surface area contributed by atoms with Gasteiger partial charge in [-0.3, -0.25) is 0 Å². The van der Waals surface area contributed by atoms with Crippen LogP contribution < -0.4 is 5.32 Å². The first-order valence-electron chi connectivity index (χ1n) is 7.85. The van der Waals surface area contributed by atoms with Gasteiger partial charge in [0.15, 0.2) is 0 Å². The van der Waals surface area contributed by atoms with Crippen LogP contribution in [0.25, 0.3) is 0 Å². The minimum absolute atomic E-state index is 0.548. The van der Waals surface area contributed by atoms with Crippen LogP contribution >= 0.6 is 0 Å². The van der Waals surface area contributed by atoms with Gasteiger partial charge in [-0.15, -0.1) is 0 Å². The molecule has 0 spiro atoms. The second kappa shape index (κ2) is 8.93. The molecule has 0 bridgehead atoms. The highest BCUT2D eigenvalue weighted by molar-refractivity contribution is 4.86. The van der Waals surface area contributed by atoms with Gasteiger partial charge in [-0.1, -0.05) is 20.8 Å². The SMILES string of the molecule is COCCOCCCCNC1CCC(C)(C)CC1C. The normalized spacial score (nSPS) is 26.5. The largest absolute Gasteiger partial charge is 0.382 e. The van der Waals surface area contributed by atoms with E-state index in [1.165, 1.54) is 25.7 Å². The van der Waals surface area contributed by atoms with Gasteiger partial charge < -0.3 is 14.8 Å². The molecule has 1 fully saturated rings. The van der Waals surface area contributed by atoms with Crippen molar-refractivity contribution >= 4 is 0 Å². The van der Waals surface area contributed by atoms with Gasteiger partial charge in [-0.2, -0.15) is 0 Å². The fourth-order valence-electron chi connectivity index (χ4n) is 3.11. The van der Waals surface area contributed by atoms with Gasteiger partial charge in [0.25, 0.3) is 0 Å². The van der Waals surface area contributed by atoms with Crippen molar-refractivity contribution in [1.29, 1.82) is 0 Å². The fourth-order valence-corrected chi connectivity index (χ4v) is 3.11. The van der Waals surface area contributed by atoms with Crippen molar-refractivity contribution in [2.24, 2.45) is 11.3 Å². The summed E-state index contributed by atoms with van der Waals surface area (Å²) in [4.78, 5) is 0. The molecule has 114 valence electrons. The Balaban J connectivity index is 1.98. The van der Waals surface area contributed by atoms with Crippen LogP contribution in [0.4, 0.5) is 0 Å². The number of hydrogen-bond donors (Lipinski definition) is 1. The van der Waals surface area contributed by atoms with Crippen molar-refractivity contribution < 1.29 is 9.47 Å². The first-order chi connectivity index (χ1) is 9.05. The van der Waals surface area contributed by atoms with Crippen molar-refractivity contribution in [2.45, 2.75) is 58.9 Å². The predicted molar refractivity (Wildman–Crippen MR) is 80.5 cm³/mol. The molecular weight excluding hydrogens is 238 g/mol. The first-order valence-corrected chi connectivity index (χ1v) is 7.85. The molecule has 2 atom stereocenters. The molecule has 0 saturated heterocycles. The summed E-state index contributed by atoms with van der Waals surface area (Å²) in [6.45, 7) is 10.6. The van der Waals surface area contributed by atoms with Crippen LogP contribution in [0.15, 0.2) is 0 Å². The topological polar surface area (TPSA) is 30.5 Å². The number of methoxy groups -OCH3 is 1. The molecule has 1 rings (SSSR count). The lowest BCUT2D eigenvalue weighted by Crippen LogP contribution is -2.42. The highest BCUT2D eigenvalue weighted by Crippen LogP contribution is 2.38. The molecule has 0 amide bonds. The van der Waals surface area contributed by atoms with E-state index in [0.717, 1.165) is 38.1 Å². The molecule has 0 aromatic rings. The second-order valence-electron chi connectivity index (χ2n) is 6.76. The number of hydrogen-bond acceptors (Lipinski definition) is 3. The standard InChI is InChI=1S/C16H33NO2/c1-14-13-16(2,3)8-7-15(14)17-9-5-6-10-19-12-11-18-4/h14-15,17H,5-13H2,1-4H3. The highest BCUT2D eigenvalue weighted by Gasteiger charge is 2.31. The molecule has 1 aliphatic carbocycles. The molecule has 0 radical (unpaired) electrons. The van der Waals surface area contributed by atoms with Crippen molar-refractivity contribution in [3.8, 4) is 0 Å². The van der Waals surface area contributed by atoms with E-state index in [0.29, 0.717) is 12.0 Å². The zero-order valence-corrected chi connectivity index (χ0v) is 13.3. The summed E-state index contributed by atoms with van der Waals surface area (Å²) in [7, 11) is 1.71. The van der Waals surface area contributed by atoms with Gasteiger partial charge in [0, 0.05) is 19.8 Å². The molecule has 1 saturated carbocycles. The highest BCUT2D eigenvalue weighted by atomic mass is 16.5. The minimum Gasteiger partial charge on any atom is -0.382 e. The van der Waals surface area contributed by atoms with Crippen LogP contribution in [0.5, 0.6) is 0 Å². The van der Waals surface area contributed by atoms with Crippen LogP contribution in [0.2, 0.25) is 0 Å². The van der Waals surface area contributed by atoms with E-state index in [1.54, 1.807) is 7.11 Å². The van der Waals surface area contributed by atoms with Crippen molar-refractivity contribution in [2.75, 3.05) is 33.5 Å². The summed E-state index contributed by atoms with van der Waals surface area (Å²) in [5, 5.41) is 3.73. The van der Waals surface area contributed by atoms with Crippen LogP contribution in [-0.4, -0.2) is 39.5 Å². The molecule has 0 aromatic carbocycles. The molecule has 0 aliphatic heterocycles. The van der Waals surface area contributed by atoms with Crippen LogP contribution in [0.1, 0.15) is 52.9 Å². The van der Waals surface area contributed by atoms with Crippen molar-refractivity contribution in [1.82, 2.24) is 5.32 Å². The Hall–Kier alpha value is -0.120. The molecule has 1 aliphatic rings. The van der Waals surface area contributed by atoms with E-state index in [4.69, 9.17) is 9.47 Å². The maximum absolute atomic E-state index is 5.46. The summed E-state index contributed by atoms with van der Waals surface area (Å²) >= 11 is 0. The van der Waals surface area contributed by atoms with Crippen LogP contribution in [0, 0.1) is 11.3 Å². The van der Waals surface area contributed by atoms with Gasteiger partial charge in [-0.05, 0) is 50.0 Å². The van der Waals surface area contributed by atoms with E-state index in [2.05, 4.69) is 26.1 Å². The van der Waals surface area contributed by atoms with Crippen molar-refractivity contribution in [3.63, 3.8) is 0 Å². The van der Waals surface area contributed by atoms with Crippen LogP contribution in [0.3, 0.4) is 0 Å². The smallest absolute Gasteiger partial charge is 0.0700 e. The lowest BCUT2D eigenvalue weighted by Gasteiger charge is -2.39. The quantitative estimate of drug-likeness (QED) is 0.653. The van der Waals surface area contributed by atoms with Gasteiger partial charge in [0.2, 0.25) is 0 Å². The van der Waals surface area contributed by atoms with Gasteiger partial charge >= 0.3 is 0 Å². The zero-order valence-electron chi connectivity index (χ0n) is 13.3. The average molecular weight is 271 g/mol. The van der Waals surface area contributed by atoms with Gasteiger partial charge in [0.05, 0.1) is 13.2 Å². The van der Waals surface area contributed by atoms with E-state index in [9.17, 15) is 0 Å². The van der Waals surface area contributed by atoms with E-state index < -0.39 is 0 Å². The second-order valence-corrected chi connectivity index (χ2v) is 6.76.